The highest BCUT2D eigenvalue weighted by atomic mass is 15.2. The number of anilines is 1. The van der Waals surface area contributed by atoms with E-state index >= 15 is 0 Å². The van der Waals surface area contributed by atoms with E-state index in [1.165, 1.54) is 36.2 Å². The number of likely N-dealkylation sites (tertiary alicyclic amines) is 1. The molecule has 1 saturated heterocycles. The van der Waals surface area contributed by atoms with Crippen LogP contribution in [0, 0.1) is 6.92 Å². The third-order valence-corrected chi connectivity index (χ3v) is 4.02. The highest BCUT2D eigenvalue weighted by Gasteiger charge is 2.22. The zero-order chi connectivity index (χ0) is 13.1. The number of nitrogens with two attached hydrogens (primary N) is 1. The number of nitrogens with zero attached hydrogens (tertiary/aromatic N) is 2. The average Bonchev–Trinajstić information content (AvgIpc) is 2.37. The second kappa shape index (κ2) is 5.72. The Kier molecular flexibility index (Phi) is 4.25. The van der Waals surface area contributed by atoms with Crippen molar-refractivity contribution in [3.05, 3.63) is 29.3 Å². The number of piperidine rings is 1. The van der Waals surface area contributed by atoms with Crippen molar-refractivity contribution in [2.75, 3.05) is 32.1 Å². The molecule has 3 heteroatoms. The maximum atomic E-state index is 5.69. The van der Waals surface area contributed by atoms with Crippen LogP contribution < -0.4 is 10.6 Å². The van der Waals surface area contributed by atoms with E-state index in [0.717, 1.165) is 6.54 Å². The smallest absolute Gasteiger partial charge is 0.0414 e. The van der Waals surface area contributed by atoms with Gasteiger partial charge in [-0.05, 0) is 50.6 Å². The fourth-order valence-corrected chi connectivity index (χ4v) is 2.89. The molecule has 0 bridgehead atoms. The average molecular weight is 247 g/mol. The Labute approximate surface area is 111 Å². The molecule has 0 saturated carbocycles. The molecule has 2 N–H and O–H groups in total. The van der Waals surface area contributed by atoms with Crippen LogP contribution in [-0.4, -0.2) is 38.1 Å². The second-order valence-electron chi connectivity index (χ2n) is 5.49. The maximum Gasteiger partial charge on any atom is 0.0414 e. The third-order valence-electron chi connectivity index (χ3n) is 4.02. The molecule has 1 aromatic carbocycles. The van der Waals surface area contributed by atoms with Crippen molar-refractivity contribution in [2.45, 2.75) is 32.4 Å². The molecule has 1 unspecified atom stereocenters. The van der Waals surface area contributed by atoms with Crippen LogP contribution in [-0.2, 0) is 6.54 Å². The second-order valence-corrected chi connectivity index (χ2v) is 5.49. The SMILES string of the molecule is Cc1cc(CN)ccc1N(C)C1CCCN(C)C1. The van der Waals surface area contributed by atoms with Crippen molar-refractivity contribution in [1.29, 1.82) is 0 Å². The fraction of sp³-hybridized carbons (Fsp3) is 0.600. The molecule has 1 heterocycles. The maximum absolute atomic E-state index is 5.69. The molecule has 1 aromatic rings. The minimum Gasteiger partial charge on any atom is -0.370 e. The quantitative estimate of drug-likeness (QED) is 0.886. The van der Waals surface area contributed by atoms with E-state index in [4.69, 9.17) is 5.73 Å². The lowest BCUT2D eigenvalue weighted by molar-refractivity contribution is 0.248. The predicted molar refractivity (Wildman–Crippen MR) is 78.0 cm³/mol. The van der Waals surface area contributed by atoms with Gasteiger partial charge < -0.3 is 15.5 Å². The standard InChI is InChI=1S/C15H25N3/c1-12-9-13(10-16)6-7-15(12)18(3)14-5-4-8-17(2)11-14/h6-7,9,14H,4-5,8,10-11,16H2,1-3H3. The highest BCUT2D eigenvalue weighted by Crippen LogP contribution is 2.25. The van der Waals surface area contributed by atoms with Crippen molar-refractivity contribution in [3.63, 3.8) is 0 Å². The van der Waals surface area contributed by atoms with E-state index < -0.39 is 0 Å². The van der Waals surface area contributed by atoms with Gasteiger partial charge in [0.05, 0.1) is 0 Å². The Balaban J connectivity index is 2.15. The number of aryl methyl sites for hydroxylation is 1. The molecule has 2 rings (SSSR count). The summed E-state index contributed by atoms with van der Waals surface area (Å²) in [4.78, 5) is 4.86. The van der Waals surface area contributed by atoms with Crippen LogP contribution in [0.3, 0.4) is 0 Å². The van der Waals surface area contributed by atoms with E-state index in [9.17, 15) is 0 Å². The first-order chi connectivity index (χ1) is 8.61. The van der Waals surface area contributed by atoms with Gasteiger partial charge in [0.15, 0.2) is 0 Å². The summed E-state index contributed by atoms with van der Waals surface area (Å²) >= 11 is 0. The molecule has 3 nitrogen and oxygen atoms in total. The Morgan fingerprint density at radius 2 is 2.22 bits per heavy atom. The fourth-order valence-electron chi connectivity index (χ4n) is 2.89. The number of benzene rings is 1. The van der Waals surface area contributed by atoms with Gasteiger partial charge in [0.25, 0.3) is 0 Å². The van der Waals surface area contributed by atoms with Crippen LogP contribution in [0.2, 0.25) is 0 Å². The molecule has 0 radical (unpaired) electrons. The number of hydrogen-bond donors (Lipinski definition) is 1. The molecule has 1 fully saturated rings. The van der Waals surface area contributed by atoms with Crippen LogP contribution >= 0.6 is 0 Å². The summed E-state index contributed by atoms with van der Waals surface area (Å²) in [7, 11) is 4.43. The molecule has 0 spiro atoms. The zero-order valence-electron chi connectivity index (χ0n) is 11.8. The van der Waals surface area contributed by atoms with E-state index in [-0.39, 0.29) is 0 Å². The Morgan fingerprint density at radius 3 is 2.83 bits per heavy atom. The van der Waals surface area contributed by atoms with Gasteiger partial charge in [-0.2, -0.15) is 0 Å². The van der Waals surface area contributed by atoms with Crippen molar-refractivity contribution < 1.29 is 0 Å². The van der Waals surface area contributed by atoms with E-state index in [1.807, 2.05) is 0 Å². The Bertz CT molecular complexity index is 403. The van der Waals surface area contributed by atoms with Crippen molar-refractivity contribution in [3.8, 4) is 0 Å². The summed E-state index contributed by atoms with van der Waals surface area (Å²) in [5.41, 5.74) is 9.57. The lowest BCUT2D eigenvalue weighted by Crippen LogP contribution is -2.45. The van der Waals surface area contributed by atoms with E-state index in [1.54, 1.807) is 0 Å². The minimum absolute atomic E-state index is 0.622. The first-order valence-corrected chi connectivity index (χ1v) is 6.83. The predicted octanol–water partition coefficient (Wildman–Crippen LogP) is 1.98. The van der Waals surface area contributed by atoms with Gasteiger partial charge in [-0.15, -0.1) is 0 Å². The molecule has 1 atom stereocenters. The molecule has 1 aliphatic heterocycles. The van der Waals surface area contributed by atoms with Crippen LogP contribution in [0.15, 0.2) is 18.2 Å². The summed E-state index contributed by atoms with van der Waals surface area (Å²) < 4.78 is 0. The Hall–Kier alpha value is -1.06. The minimum atomic E-state index is 0.622. The summed E-state index contributed by atoms with van der Waals surface area (Å²) in [5.74, 6) is 0. The molecule has 0 amide bonds. The van der Waals surface area contributed by atoms with Gasteiger partial charge in [0.2, 0.25) is 0 Å². The van der Waals surface area contributed by atoms with Crippen LogP contribution in [0.25, 0.3) is 0 Å². The molecule has 0 aromatic heterocycles. The molecule has 1 aliphatic rings. The van der Waals surface area contributed by atoms with Crippen molar-refractivity contribution in [1.82, 2.24) is 4.90 Å². The summed E-state index contributed by atoms with van der Waals surface area (Å²) in [5, 5.41) is 0. The van der Waals surface area contributed by atoms with Gasteiger partial charge >= 0.3 is 0 Å². The summed E-state index contributed by atoms with van der Waals surface area (Å²) in [6.07, 6.45) is 2.59. The van der Waals surface area contributed by atoms with Gasteiger partial charge in [-0.25, -0.2) is 0 Å². The monoisotopic (exact) mass is 247 g/mol. The largest absolute Gasteiger partial charge is 0.370 e. The topological polar surface area (TPSA) is 32.5 Å². The molecular formula is C15H25N3. The lowest BCUT2D eigenvalue weighted by Gasteiger charge is -2.37. The van der Waals surface area contributed by atoms with Gasteiger partial charge in [0.1, 0.15) is 0 Å². The Morgan fingerprint density at radius 1 is 1.44 bits per heavy atom. The molecule has 0 aliphatic carbocycles. The van der Waals surface area contributed by atoms with E-state index in [0.29, 0.717) is 12.6 Å². The van der Waals surface area contributed by atoms with Crippen LogP contribution in [0.1, 0.15) is 24.0 Å². The third kappa shape index (κ3) is 2.85. The zero-order valence-corrected chi connectivity index (χ0v) is 11.8. The molecular weight excluding hydrogens is 222 g/mol. The number of likely N-dealkylation sites (N-methyl/N-ethyl adjacent to an activating group) is 2. The van der Waals surface area contributed by atoms with Crippen molar-refractivity contribution >= 4 is 5.69 Å². The number of hydrogen-bond acceptors (Lipinski definition) is 3. The van der Waals surface area contributed by atoms with Crippen molar-refractivity contribution in [2.24, 2.45) is 5.73 Å². The number of rotatable bonds is 3. The summed E-state index contributed by atoms with van der Waals surface area (Å²) in [6.45, 7) is 5.19. The van der Waals surface area contributed by atoms with Crippen LogP contribution in [0.5, 0.6) is 0 Å². The van der Waals surface area contributed by atoms with Crippen LogP contribution in [0.4, 0.5) is 5.69 Å². The first kappa shape index (κ1) is 13.4. The van der Waals surface area contributed by atoms with Gasteiger partial charge in [0, 0.05) is 31.9 Å². The lowest BCUT2D eigenvalue weighted by atomic mass is 10.0. The molecule has 100 valence electrons. The normalized spacial score (nSPS) is 21.0. The first-order valence-electron chi connectivity index (χ1n) is 6.83. The van der Waals surface area contributed by atoms with Gasteiger partial charge in [-0.3, -0.25) is 0 Å². The van der Waals surface area contributed by atoms with Gasteiger partial charge in [-0.1, -0.05) is 12.1 Å². The highest BCUT2D eigenvalue weighted by molar-refractivity contribution is 5.54. The van der Waals surface area contributed by atoms with E-state index in [2.05, 4.69) is 49.0 Å². The molecule has 18 heavy (non-hydrogen) atoms. The summed E-state index contributed by atoms with van der Waals surface area (Å²) in [6, 6.07) is 7.20.